The normalized spacial score (nSPS) is 16.0. The number of ether oxygens (including phenoxy) is 1. The number of likely N-dealkylation sites (N-methyl/N-ethyl adjacent to an activating group) is 1. The topological polar surface area (TPSA) is 41.6 Å². The van der Waals surface area contributed by atoms with E-state index in [1.165, 1.54) is 12.8 Å². The second-order valence-corrected chi connectivity index (χ2v) is 5.91. The molecule has 2 rings (SSSR count). The summed E-state index contributed by atoms with van der Waals surface area (Å²) in [5, 5.41) is 3.34. The van der Waals surface area contributed by atoms with Crippen LogP contribution in [0.1, 0.15) is 25.3 Å². The van der Waals surface area contributed by atoms with Crippen molar-refractivity contribution in [1.29, 1.82) is 0 Å². The highest BCUT2D eigenvalue weighted by atomic mass is 16.5. The minimum atomic E-state index is -0.137. The molecular weight excluding hydrogens is 264 g/mol. The number of benzene rings is 1. The molecule has 0 saturated heterocycles. The van der Waals surface area contributed by atoms with Gasteiger partial charge in [-0.05, 0) is 25.5 Å². The first-order valence-corrected chi connectivity index (χ1v) is 7.78. The van der Waals surface area contributed by atoms with Gasteiger partial charge in [-0.3, -0.25) is 4.79 Å². The molecule has 1 atom stereocenters. The highest BCUT2D eigenvalue weighted by molar-refractivity contribution is 5.72. The number of carbonyl (C=O) groups excluding carboxylic acids is 1. The molecule has 0 spiro atoms. The van der Waals surface area contributed by atoms with Crippen molar-refractivity contribution in [1.82, 2.24) is 10.2 Å². The van der Waals surface area contributed by atoms with Gasteiger partial charge in [-0.15, -0.1) is 0 Å². The maximum absolute atomic E-state index is 11.9. The number of esters is 1. The van der Waals surface area contributed by atoms with Gasteiger partial charge in [0.05, 0.1) is 5.92 Å². The van der Waals surface area contributed by atoms with Gasteiger partial charge in [-0.25, -0.2) is 0 Å². The Bertz CT molecular complexity index is 432. The van der Waals surface area contributed by atoms with Crippen molar-refractivity contribution >= 4 is 5.97 Å². The minimum Gasteiger partial charge on any atom is -0.461 e. The van der Waals surface area contributed by atoms with Crippen molar-refractivity contribution < 1.29 is 9.53 Å². The molecule has 0 radical (unpaired) electrons. The third-order valence-corrected chi connectivity index (χ3v) is 3.89. The van der Waals surface area contributed by atoms with Gasteiger partial charge in [-0.2, -0.15) is 0 Å². The first-order valence-electron chi connectivity index (χ1n) is 7.78. The Kier molecular flexibility index (Phi) is 6.21. The fourth-order valence-electron chi connectivity index (χ4n) is 2.23. The van der Waals surface area contributed by atoms with Gasteiger partial charge in [0.25, 0.3) is 0 Å². The van der Waals surface area contributed by atoms with Gasteiger partial charge in [0, 0.05) is 25.7 Å². The molecule has 21 heavy (non-hydrogen) atoms. The van der Waals surface area contributed by atoms with E-state index in [4.69, 9.17) is 4.74 Å². The average Bonchev–Trinajstić information content (AvgIpc) is 3.34. The lowest BCUT2D eigenvalue weighted by molar-refractivity contribution is -0.149. The standard InChI is InChI=1S/C17H26N2O2/c1-14(12-18-10-11-19(2)16-8-9-16)17(20)21-13-15-6-4-3-5-7-15/h3-7,14,16,18H,8-13H2,1-2H3. The Balaban J connectivity index is 1.56. The van der Waals surface area contributed by atoms with Crippen LogP contribution in [0.15, 0.2) is 30.3 Å². The molecule has 0 aliphatic heterocycles. The van der Waals surface area contributed by atoms with E-state index in [0.29, 0.717) is 13.2 Å². The molecule has 1 saturated carbocycles. The molecule has 1 aliphatic carbocycles. The summed E-state index contributed by atoms with van der Waals surface area (Å²) in [6, 6.07) is 10.6. The Hall–Kier alpha value is -1.39. The van der Waals surface area contributed by atoms with Crippen LogP contribution in [-0.2, 0) is 16.1 Å². The first kappa shape index (κ1) is 16.0. The van der Waals surface area contributed by atoms with Crippen molar-refractivity contribution in [2.24, 2.45) is 5.92 Å². The zero-order chi connectivity index (χ0) is 15.1. The van der Waals surface area contributed by atoms with Gasteiger partial charge >= 0.3 is 5.97 Å². The van der Waals surface area contributed by atoms with Crippen LogP contribution in [0, 0.1) is 5.92 Å². The van der Waals surface area contributed by atoms with Crippen molar-refractivity contribution in [3.63, 3.8) is 0 Å². The number of hydrogen-bond acceptors (Lipinski definition) is 4. The molecule has 4 heteroatoms. The fraction of sp³-hybridized carbons (Fsp3) is 0.588. The Morgan fingerprint density at radius 3 is 2.76 bits per heavy atom. The summed E-state index contributed by atoms with van der Waals surface area (Å²) in [6.45, 7) is 4.89. The van der Waals surface area contributed by atoms with E-state index in [1.807, 2.05) is 37.3 Å². The summed E-state index contributed by atoms with van der Waals surface area (Å²) in [4.78, 5) is 14.3. The lowest BCUT2D eigenvalue weighted by Crippen LogP contribution is -2.34. The zero-order valence-corrected chi connectivity index (χ0v) is 13.0. The van der Waals surface area contributed by atoms with E-state index in [-0.39, 0.29) is 11.9 Å². The third-order valence-electron chi connectivity index (χ3n) is 3.89. The van der Waals surface area contributed by atoms with Crippen LogP contribution >= 0.6 is 0 Å². The monoisotopic (exact) mass is 290 g/mol. The molecular formula is C17H26N2O2. The smallest absolute Gasteiger partial charge is 0.310 e. The molecule has 1 unspecified atom stereocenters. The zero-order valence-electron chi connectivity index (χ0n) is 13.0. The summed E-state index contributed by atoms with van der Waals surface area (Å²) in [7, 11) is 2.16. The van der Waals surface area contributed by atoms with Crippen LogP contribution in [0.3, 0.4) is 0 Å². The van der Waals surface area contributed by atoms with E-state index in [1.54, 1.807) is 0 Å². The van der Waals surface area contributed by atoms with Crippen LogP contribution in [-0.4, -0.2) is 43.6 Å². The molecule has 1 aliphatic rings. The Morgan fingerprint density at radius 2 is 2.10 bits per heavy atom. The van der Waals surface area contributed by atoms with Gasteiger partial charge < -0.3 is 15.0 Å². The second-order valence-electron chi connectivity index (χ2n) is 5.91. The van der Waals surface area contributed by atoms with Crippen molar-refractivity contribution in [2.75, 3.05) is 26.7 Å². The quantitative estimate of drug-likeness (QED) is 0.558. The molecule has 1 fully saturated rings. The molecule has 4 nitrogen and oxygen atoms in total. The Labute approximate surface area is 127 Å². The van der Waals surface area contributed by atoms with E-state index >= 15 is 0 Å². The van der Waals surface area contributed by atoms with Crippen LogP contribution in [0.25, 0.3) is 0 Å². The number of nitrogens with one attached hydrogen (secondary N) is 1. The summed E-state index contributed by atoms with van der Waals surface area (Å²) >= 11 is 0. The lowest BCUT2D eigenvalue weighted by Gasteiger charge is -2.17. The average molecular weight is 290 g/mol. The lowest BCUT2D eigenvalue weighted by atomic mass is 10.2. The van der Waals surface area contributed by atoms with E-state index in [0.717, 1.165) is 24.7 Å². The molecule has 116 valence electrons. The van der Waals surface area contributed by atoms with E-state index in [9.17, 15) is 4.79 Å². The molecule has 1 aromatic rings. The third kappa shape index (κ3) is 5.86. The summed E-state index contributed by atoms with van der Waals surface area (Å²) in [5.41, 5.74) is 1.03. The molecule has 0 bridgehead atoms. The summed E-state index contributed by atoms with van der Waals surface area (Å²) in [6.07, 6.45) is 2.66. The first-order chi connectivity index (χ1) is 10.2. The summed E-state index contributed by atoms with van der Waals surface area (Å²) < 4.78 is 5.33. The maximum Gasteiger partial charge on any atom is 0.310 e. The van der Waals surface area contributed by atoms with Crippen LogP contribution < -0.4 is 5.32 Å². The molecule has 0 amide bonds. The number of carbonyl (C=O) groups is 1. The molecule has 1 N–H and O–H groups in total. The van der Waals surface area contributed by atoms with Crippen molar-refractivity contribution in [3.8, 4) is 0 Å². The van der Waals surface area contributed by atoms with Crippen LogP contribution in [0.2, 0.25) is 0 Å². The van der Waals surface area contributed by atoms with Gasteiger partial charge in [0.1, 0.15) is 6.61 Å². The summed E-state index contributed by atoms with van der Waals surface area (Å²) in [5.74, 6) is -0.248. The molecule has 1 aromatic carbocycles. The second kappa shape index (κ2) is 8.15. The van der Waals surface area contributed by atoms with Gasteiger partial charge in [0.15, 0.2) is 0 Å². The van der Waals surface area contributed by atoms with Crippen molar-refractivity contribution in [3.05, 3.63) is 35.9 Å². The van der Waals surface area contributed by atoms with E-state index < -0.39 is 0 Å². The van der Waals surface area contributed by atoms with Gasteiger partial charge in [0.2, 0.25) is 0 Å². The molecule has 0 aromatic heterocycles. The van der Waals surface area contributed by atoms with Crippen molar-refractivity contribution in [2.45, 2.75) is 32.4 Å². The largest absolute Gasteiger partial charge is 0.461 e. The molecule has 0 heterocycles. The minimum absolute atomic E-state index is 0.111. The highest BCUT2D eigenvalue weighted by Crippen LogP contribution is 2.24. The fourth-order valence-corrected chi connectivity index (χ4v) is 2.23. The number of hydrogen-bond donors (Lipinski definition) is 1. The highest BCUT2D eigenvalue weighted by Gasteiger charge is 2.25. The van der Waals surface area contributed by atoms with Crippen LogP contribution in [0.4, 0.5) is 0 Å². The predicted molar refractivity (Wildman–Crippen MR) is 83.9 cm³/mol. The Morgan fingerprint density at radius 1 is 1.38 bits per heavy atom. The predicted octanol–water partition coefficient (Wildman–Crippen LogP) is 2.05. The van der Waals surface area contributed by atoms with E-state index in [2.05, 4.69) is 17.3 Å². The maximum atomic E-state index is 11.9. The number of nitrogens with zero attached hydrogens (tertiary/aromatic N) is 1. The van der Waals surface area contributed by atoms with Crippen LogP contribution in [0.5, 0.6) is 0 Å². The SMILES string of the molecule is CC(CNCCN(C)C1CC1)C(=O)OCc1ccccc1. The number of rotatable bonds is 9. The van der Waals surface area contributed by atoms with Gasteiger partial charge in [-0.1, -0.05) is 37.3 Å².